The highest BCUT2D eigenvalue weighted by Crippen LogP contribution is 2.42. The molecule has 0 saturated heterocycles. The molecule has 29 heavy (non-hydrogen) atoms. The van der Waals surface area contributed by atoms with Crippen molar-refractivity contribution in [1.29, 1.82) is 0 Å². The van der Waals surface area contributed by atoms with Gasteiger partial charge < -0.3 is 20.5 Å². The molecule has 2 aliphatic rings. The van der Waals surface area contributed by atoms with E-state index in [1.165, 1.54) is 12.5 Å². The van der Waals surface area contributed by atoms with E-state index in [0.717, 1.165) is 32.1 Å². The van der Waals surface area contributed by atoms with Gasteiger partial charge in [0.05, 0.1) is 6.61 Å². The number of benzene rings is 1. The van der Waals surface area contributed by atoms with E-state index in [4.69, 9.17) is 10.5 Å². The topological polar surface area (TPSA) is 73.6 Å². The zero-order valence-corrected chi connectivity index (χ0v) is 17.6. The lowest BCUT2D eigenvalue weighted by molar-refractivity contribution is -0.128. The first-order valence-electron chi connectivity index (χ1n) is 10.2. The minimum Gasteiger partial charge on any atom is -0.493 e. The van der Waals surface area contributed by atoms with E-state index >= 15 is 0 Å². The van der Waals surface area contributed by atoms with Crippen molar-refractivity contribution in [3.05, 3.63) is 23.8 Å². The second-order valence-corrected chi connectivity index (χ2v) is 7.91. The summed E-state index contributed by atoms with van der Waals surface area (Å²) in [5.74, 6) is 1.25. The van der Waals surface area contributed by atoms with Crippen molar-refractivity contribution in [2.24, 2.45) is 23.5 Å². The first kappa shape index (κ1) is 23.7. The summed E-state index contributed by atoms with van der Waals surface area (Å²) in [6, 6.07) is 5.03. The zero-order chi connectivity index (χ0) is 20.1. The molecule has 3 N–H and O–H groups in total. The molecule has 0 radical (unpaired) electrons. The Hall–Kier alpha value is -1.60. The van der Waals surface area contributed by atoms with Crippen molar-refractivity contribution in [2.45, 2.75) is 64.6 Å². The Labute approximate surface area is 177 Å². The number of ether oxygens (including phenoxy) is 2. The Morgan fingerprint density at radius 3 is 2.59 bits per heavy atom. The number of alkyl halides is 2. The van der Waals surface area contributed by atoms with Gasteiger partial charge in [-0.3, -0.25) is 4.79 Å². The third kappa shape index (κ3) is 6.19. The van der Waals surface area contributed by atoms with Crippen molar-refractivity contribution in [1.82, 2.24) is 5.32 Å². The Balaban J connectivity index is 0.00000300. The molecule has 2 atom stereocenters. The van der Waals surface area contributed by atoms with Crippen molar-refractivity contribution < 1.29 is 23.0 Å². The first-order valence-corrected chi connectivity index (χ1v) is 10.2. The molecule has 2 unspecified atom stereocenters. The normalized spacial score (nSPS) is 25.8. The van der Waals surface area contributed by atoms with Crippen molar-refractivity contribution in [3.63, 3.8) is 0 Å². The van der Waals surface area contributed by atoms with Gasteiger partial charge in [-0.15, -0.1) is 12.4 Å². The number of fused-ring (bicyclic) bond motifs is 2. The minimum atomic E-state index is -2.94. The van der Waals surface area contributed by atoms with Crippen molar-refractivity contribution >= 4 is 18.3 Å². The third-order valence-corrected chi connectivity index (χ3v) is 5.96. The van der Waals surface area contributed by atoms with E-state index in [-0.39, 0.29) is 42.6 Å². The van der Waals surface area contributed by atoms with Crippen LogP contribution >= 0.6 is 12.4 Å². The lowest BCUT2D eigenvalue weighted by Gasteiger charge is -2.43. The van der Waals surface area contributed by atoms with E-state index in [2.05, 4.69) is 10.1 Å². The molecule has 0 aromatic heterocycles. The molecule has 164 valence electrons. The average molecular weight is 433 g/mol. The SMILES string of the molecule is CCCOc1ccc(CNC(=O)C2CC3CCCC(C2)C3N)c(OC(F)F)c1.Cl. The predicted molar refractivity (Wildman–Crippen MR) is 109 cm³/mol. The Morgan fingerprint density at radius 1 is 1.28 bits per heavy atom. The van der Waals surface area contributed by atoms with Crippen LogP contribution in [0.2, 0.25) is 0 Å². The van der Waals surface area contributed by atoms with Crippen LogP contribution in [-0.2, 0) is 11.3 Å². The van der Waals surface area contributed by atoms with E-state index in [1.807, 2.05) is 6.92 Å². The summed E-state index contributed by atoms with van der Waals surface area (Å²) in [5.41, 5.74) is 6.80. The van der Waals surface area contributed by atoms with Gasteiger partial charge in [0.25, 0.3) is 0 Å². The van der Waals surface area contributed by atoms with Crippen LogP contribution in [-0.4, -0.2) is 25.2 Å². The zero-order valence-electron chi connectivity index (χ0n) is 16.7. The van der Waals surface area contributed by atoms with Crippen molar-refractivity contribution in [2.75, 3.05) is 6.61 Å². The fourth-order valence-corrected chi connectivity index (χ4v) is 4.53. The molecule has 2 aliphatic carbocycles. The molecule has 0 spiro atoms. The van der Waals surface area contributed by atoms with Crippen LogP contribution in [0.1, 0.15) is 51.0 Å². The number of nitrogens with one attached hydrogen (secondary N) is 1. The quantitative estimate of drug-likeness (QED) is 0.643. The summed E-state index contributed by atoms with van der Waals surface area (Å²) in [6.07, 6.45) is 5.81. The van der Waals surface area contributed by atoms with Gasteiger partial charge in [-0.25, -0.2) is 0 Å². The van der Waals surface area contributed by atoms with Crippen LogP contribution in [0.25, 0.3) is 0 Å². The number of carbonyl (C=O) groups excluding carboxylic acids is 1. The Bertz CT molecular complexity index is 663. The molecule has 1 amide bonds. The molecular formula is C21H31ClF2N2O3. The van der Waals surface area contributed by atoms with Gasteiger partial charge in [-0.05, 0) is 56.1 Å². The number of carbonyl (C=O) groups is 1. The molecule has 2 fully saturated rings. The predicted octanol–water partition coefficient (Wildman–Crippen LogP) is 4.27. The average Bonchev–Trinajstić information content (AvgIpc) is 2.64. The summed E-state index contributed by atoms with van der Waals surface area (Å²) >= 11 is 0. The summed E-state index contributed by atoms with van der Waals surface area (Å²) < 4.78 is 35.7. The highest BCUT2D eigenvalue weighted by Gasteiger charge is 2.40. The molecule has 0 aliphatic heterocycles. The molecular weight excluding hydrogens is 402 g/mol. The van der Waals surface area contributed by atoms with Crippen LogP contribution in [0.15, 0.2) is 18.2 Å². The lowest BCUT2D eigenvalue weighted by Crippen LogP contribution is -2.49. The summed E-state index contributed by atoms with van der Waals surface area (Å²) in [6.45, 7) is -0.328. The summed E-state index contributed by atoms with van der Waals surface area (Å²) in [4.78, 5) is 12.7. The number of hydrogen-bond donors (Lipinski definition) is 2. The van der Waals surface area contributed by atoms with Crippen LogP contribution in [0, 0.1) is 17.8 Å². The molecule has 5 nitrogen and oxygen atoms in total. The lowest BCUT2D eigenvalue weighted by atomic mass is 9.65. The fraction of sp³-hybridized carbons (Fsp3) is 0.667. The van der Waals surface area contributed by atoms with E-state index in [9.17, 15) is 13.6 Å². The maximum absolute atomic E-state index is 12.8. The Morgan fingerprint density at radius 2 is 1.97 bits per heavy atom. The third-order valence-electron chi connectivity index (χ3n) is 5.96. The van der Waals surface area contributed by atoms with E-state index in [1.54, 1.807) is 12.1 Å². The number of amides is 1. The summed E-state index contributed by atoms with van der Waals surface area (Å²) in [7, 11) is 0. The number of nitrogens with two attached hydrogens (primary N) is 1. The second-order valence-electron chi connectivity index (χ2n) is 7.91. The van der Waals surface area contributed by atoms with Gasteiger partial charge in [0.15, 0.2) is 0 Å². The number of halogens is 3. The van der Waals surface area contributed by atoms with Crippen LogP contribution in [0.5, 0.6) is 11.5 Å². The highest BCUT2D eigenvalue weighted by molar-refractivity contribution is 5.85. The van der Waals surface area contributed by atoms with Gasteiger partial charge in [0, 0.05) is 30.1 Å². The highest BCUT2D eigenvalue weighted by atomic mass is 35.5. The second kappa shape index (κ2) is 11.0. The molecule has 2 bridgehead atoms. The molecule has 3 rings (SSSR count). The summed E-state index contributed by atoms with van der Waals surface area (Å²) in [5, 5.41) is 2.90. The fourth-order valence-electron chi connectivity index (χ4n) is 4.53. The number of hydrogen-bond acceptors (Lipinski definition) is 4. The standard InChI is InChI=1S/C21H30F2N2O3.ClH/c1-2-8-27-17-7-6-15(18(11-17)28-21(22)23)12-25-20(26)16-9-13-4-3-5-14(10-16)19(13)24;/h6-7,11,13-14,16,19,21H,2-5,8-10,12,24H2,1H3,(H,25,26);1H. The van der Waals surface area contributed by atoms with Gasteiger partial charge in [0.1, 0.15) is 11.5 Å². The minimum absolute atomic E-state index is 0. The molecule has 1 aromatic carbocycles. The van der Waals surface area contributed by atoms with Gasteiger partial charge in [0.2, 0.25) is 5.91 Å². The molecule has 8 heteroatoms. The molecule has 2 saturated carbocycles. The maximum Gasteiger partial charge on any atom is 0.387 e. The van der Waals surface area contributed by atoms with Gasteiger partial charge in [-0.2, -0.15) is 8.78 Å². The molecule has 0 heterocycles. The first-order chi connectivity index (χ1) is 13.5. The van der Waals surface area contributed by atoms with Crippen LogP contribution < -0.4 is 20.5 Å². The number of rotatable bonds is 8. The largest absolute Gasteiger partial charge is 0.493 e. The van der Waals surface area contributed by atoms with Crippen LogP contribution in [0.4, 0.5) is 8.78 Å². The van der Waals surface area contributed by atoms with Crippen molar-refractivity contribution in [3.8, 4) is 11.5 Å². The van der Waals surface area contributed by atoms with Gasteiger partial charge in [-0.1, -0.05) is 13.3 Å². The van der Waals surface area contributed by atoms with E-state index < -0.39 is 6.61 Å². The smallest absolute Gasteiger partial charge is 0.387 e. The van der Waals surface area contributed by atoms with Crippen LogP contribution in [0.3, 0.4) is 0 Å². The maximum atomic E-state index is 12.8. The Kier molecular flexibility index (Phi) is 8.96. The monoisotopic (exact) mass is 432 g/mol. The van der Waals surface area contributed by atoms with Gasteiger partial charge >= 0.3 is 6.61 Å². The molecule has 1 aromatic rings. The van der Waals surface area contributed by atoms with E-state index in [0.29, 0.717) is 29.8 Å².